The molecule has 2 rings (SSSR count). The summed E-state index contributed by atoms with van der Waals surface area (Å²) in [7, 11) is 0. The van der Waals surface area contributed by atoms with Crippen molar-refractivity contribution in [2.75, 3.05) is 13.2 Å². The number of hydrogen-bond donors (Lipinski definition) is 2. The highest BCUT2D eigenvalue weighted by Gasteiger charge is 2.43. The molecule has 4 heteroatoms. The van der Waals surface area contributed by atoms with Crippen LogP contribution in [0.15, 0.2) is 0 Å². The number of rotatable bonds is 5. The fourth-order valence-corrected chi connectivity index (χ4v) is 2.28. The van der Waals surface area contributed by atoms with Crippen molar-refractivity contribution in [2.24, 2.45) is 11.7 Å². The lowest BCUT2D eigenvalue weighted by molar-refractivity contribution is -0.126. The standard InChI is InChI=1S/C12H22N2O2/c1-12(13,9-4-5-9)11(15)14-7-6-10-3-2-8-16-10/h9-10H,2-8,13H2,1H3,(H,14,15). The van der Waals surface area contributed by atoms with Crippen LogP contribution >= 0.6 is 0 Å². The summed E-state index contributed by atoms with van der Waals surface area (Å²) in [6.07, 6.45) is 5.70. The van der Waals surface area contributed by atoms with Crippen molar-refractivity contribution in [3.63, 3.8) is 0 Å². The Hall–Kier alpha value is -0.610. The third-order valence-corrected chi connectivity index (χ3v) is 3.69. The molecule has 4 nitrogen and oxygen atoms in total. The average molecular weight is 226 g/mol. The number of nitrogens with two attached hydrogens (primary N) is 1. The lowest BCUT2D eigenvalue weighted by Gasteiger charge is -2.23. The Bertz CT molecular complexity index is 256. The molecule has 3 N–H and O–H groups in total. The smallest absolute Gasteiger partial charge is 0.240 e. The fraction of sp³-hybridized carbons (Fsp3) is 0.917. The Balaban J connectivity index is 1.66. The zero-order valence-electron chi connectivity index (χ0n) is 10.00. The van der Waals surface area contributed by atoms with Gasteiger partial charge < -0.3 is 15.8 Å². The quantitative estimate of drug-likeness (QED) is 0.728. The molecule has 16 heavy (non-hydrogen) atoms. The highest BCUT2D eigenvalue weighted by Crippen LogP contribution is 2.38. The first-order valence-corrected chi connectivity index (χ1v) is 6.29. The second-order valence-corrected chi connectivity index (χ2v) is 5.24. The van der Waals surface area contributed by atoms with Gasteiger partial charge in [-0.25, -0.2) is 0 Å². The Morgan fingerprint density at radius 1 is 1.50 bits per heavy atom. The first kappa shape index (κ1) is 11.9. The van der Waals surface area contributed by atoms with Crippen molar-refractivity contribution < 1.29 is 9.53 Å². The molecule has 1 amide bonds. The number of hydrogen-bond acceptors (Lipinski definition) is 3. The van der Waals surface area contributed by atoms with Crippen molar-refractivity contribution in [1.82, 2.24) is 5.32 Å². The van der Waals surface area contributed by atoms with Gasteiger partial charge in [0.1, 0.15) is 0 Å². The normalized spacial score (nSPS) is 28.8. The minimum atomic E-state index is -0.670. The predicted molar refractivity (Wildman–Crippen MR) is 61.9 cm³/mol. The molecule has 1 saturated heterocycles. The summed E-state index contributed by atoms with van der Waals surface area (Å²) in [6.45, 7) is 3.39. The van der Waals surface area contributed by atoms with Crippen LogP contribution in [0.25, 0.3) is 0 Å². The second kappa shape index (κ2) is 4.72. The van der Waals surface area contributed by atoms with E-state index in [1.165, 1.54) is 0 Å². The molecular formula is C12H22N2O2. The monoisotopic (exact) mass is 226 g/mol. The maximum Gasteiger partial charge on any atom is 0.240 e. The van der Waals surface area contributed by atoms with E-state index in [2.05, 4.69) is 5.32 Å². The van der Waals surface area contributed by atoms with E-state index in [9.17, 15) is 4.79 Å². The van der Waals surface area contributed by atoms with Crippen LogP contribution in [0, 0.1) is 5.92 Å². The van der Waals surface area contributed by atoms with E-state index in [-0.39, 0.29) is 5.91 Å². The second-order valence-electron chi connectivity index (χ2n) is 5.24. The van der Waals surface area contributed by atoms with Crippen LogP contribution in [0.2, 0.25) is 0 Å². The molecule has 2 atom stereocenters. The van der Waals surface area contributed by atoms with Gasteiger partial charge in [-0.15, -0.1) is 0 Å². The van der Waals surface area contributed by atoms with Gasteiger partial charge in [-0.3, -0.25) is 4.79 Å². The molecule has 1 aliphatic heterocycles. The van der Waals surface area contributed by atoms with Gasteiger partial charge in [0, 0.05) is 13.2 Å². The van der Waals surface area contributed by atoms with Gasteiger partial charge in [-0.1, -0.05) is 0 Å². The van der Waals surface area contributed by atoms with Gasteiger partial charge >= 0.3 is 0 Å². The summed E-state index contributed by atoms with van der Waals surface area (Å²) in [5.74, 6) is 0.378. The van der Waals surface area contributed by atoms with Crippen molar-refractivity contribution >= 4 is 5.91 Å². The third kappa shape index (κ3) is 2.74. The lowest BCUT2D eigenvalue weighted by atomic mass is 9.96. The van der Waals surface area contributed by atoms with Crippen LogP contribution in [0.4, 0.5) is 0 Å². The van der Waals surface area contributed by atoms with Gasteiger partial charge in [0.05, 0.1) is 11.6 Å². The van der Waals surface area contributed by atoms with E-state index in [0.29, 0.717) is 18.6 Å². The number of nitrogens with one attached hydrogen (secondary N) is 1. The minimum absolute atomic E-state index is 0.00648. The minimum Gasteiger partial charge on any atom is -0.378 e. The van der Waals surface area contributed by atoms with E-state index >= 15 is 0 Å². The highest BCUT2D eigenvalue weighted by molar-refractivity contribution is 5.86. The number of amides is 1. The first-order valence-electron chi connectivity index (χ1n) is 6.29. The van der Waals surface area contributed by atoms with Crippen molar-refractivity contribution in [3.05, 3.63) is 0 Å². The maximum atomic E-state index is 11.8. The molecular weight excluding hydrogens is 204 g/mol. The summed E-state index contributed by atoms with van der Waals surface area (Å²) >= 11 is 0. The molecule has 2 unspecified atom stereocenters. The molecule has 0 aromatic rings. The van der Waals surface area contributed by atoms with Crippen molar-refractivity contribution in [3.8, 4) is 0 Å². The lowest BCUT2D eigenvalue weighted by Crippen LogP contribution is -2.53. The molecule has 1 saturated carbocycles. The molecule has 0 bridgehead atoms. The molecule has 0 radical (unpaired) electrons. The first-order chi connectivity index (χ1) is 7.60. The Kier molecular flexibility index (Phi) is 3.50. The Morgan fingerprint density at radius 2 is 2.25 bits per heavy atom. The highest BCUT2D eigenvalue weighted by atomic mass is 16.5. The van der Waals surface area contributed by atoms with Gasteiger partial charge in [-0.2, -0.15) is 0 Å². The Labute approximate surface area is 96.9 Å². The van der Waals surface area contributed by atoms with E-state index < -0.39 is 5.54 Å². The molecule has 92 valence electrons. The van der Waals surface area contributed by atoms with E-state index in [1.54, 1.807) is 0 Å². The van der Waals surface area contributed by atoms with Crippen molar-refractivity contribution in [2.45, 2.75) is 50.7 Å². The summed E-state index contributed by atoms with van der Waals surface area (Å²) < 4.78 is 5.50. The number of carbonyl (C=O) groups is 1. The predicted octanol–water partition coefficient (Wildman–Crippen LogP) is 0.799. The molecule has 2 fully saturated rings. The van der Waals surface area contributed by atoms with E-state index in [1.807, 2.05) is 6.92 Å². The zero-order chi connectivity index (χ0) is 11.6. The van der Waals surface area contributed by atoms with Crippen LogP contribution in [0.3, 0.4) is 0 Å². The molecule has 0 spiro atoms. The Morgan fingerprint density at radius 3 is 2.81 bits per heavy atom. The van der Waals surface area contributed by atoms with Crippen LogP contribution in [-0.2, 0) is 9.53 Å². The number of carbonyl (C=O) groups excluding carboxylic acids is 1. The van der Waals surface area contributed by atoms with E-state index in [4.69, 9.17) is 10.5 Å². The van der Waals surface area contributed by atoms with Gasteiger partial charge in [0.2, 0.25) is 5.91 Å². The van der Waals surface area contributed by atoms with Crippen molar-refractivity contribution in [1.29, 1.82) is 0 Å². The summed E-state index contributed by atoms with van der Waals surface area (Å²) in [5.41, 5.74) is 5.35. The van der Waals surface area contributed by atoms with Crippen LogP contribution < -0.4 is 11.1 Å². The maximum absolute atomic E-state index is 11.8. The zero-order valence-corrected chi connectivity index (χ0v) is 10.00. The molecule has 0 aromatic heterocycles. The molecule has 2 aliphatic rings. The summed E-state index contributed by atoms with van der Waals surface area (Å²) in [5, 5.41) is 2.93. The largest absolute Gasteiger partial charge is 0.378 e. The van der Waals surface area contributed by atoms with Gasteiger partial charge in [0.15, 0.2) is 0 Å². The van der Waals surface area contributed by atoms with Gasteiger partial charge in [0.25, 0.3) is 0 Å². The molecule has 1 aliphatic carbocycles. The van der Waals surface area contributed by atoms with E-state index in [0.717, 1.165) is 38.7 Å². The fourth-order valence-electron chi connectivity index (χ4n) is 2.28. The van der Waals surface area contributed by atoms with Crippen LogP contribution in [0.1, 0.15) is 39.0 Å². The summed E-state index contributed by atoms with van der Waals surface area (Å²) in [6, 6.07) is 0. The van der Waals surface area contributed by atoms with Crippen LogP contribution in [-0.4, -0.2) is 30.7 Å². The number of ether oxygens (including phenoxy) is 1. The molecule has 0 aromatic carbocycles. The molecule has 1 heterocycles. The van der Waals surface area contributed by atoms with Gasteiger partial charge in [-0.05, 0) is 44.9 Å². The average Bonchev–Trinajstić information content (AvgIpc) is 2.99. The van der Waals surface area contributed by atoms with Crippen LogP contribution in [0.5, 0.6) is 0 Å². The summed E-state index contributed by atoms with van der Waals surface area (Å²) in [4.78, 5) is 11.8. The third-order valence-electron chi connectivity index (χ3n) is 3.69. The topological polar surface area (TPSA) is 64.4 Å². The SMILES string of the molecule is CC(N)(C(=O)NCCC1CCCO1)C1CC1.